The van der Waals surface area contributed by atoms with Crippen LogP contribution in [0.5, 0.6) is 0 Å². The van der Waals surface area contributed by atoms with Crippen LogP contribution in [0.1, 0.15) is 19.3 Å². The molecule has 2 aliphatic heterocycles. The lowest BCUT2D eigenvalue weighted by molar-refractivity contribution is -0.131. The molecule has 21 heavy (non-hydrogen) atoms. The largest absolute Gasteiger partial charge is 0.519 e. The maximum absolute atomic E-state index is 12.3. The van der Waals surface area contributed by atoms with Gasteiger partial charge in [0.25, 0.3) is 0 Å². The van der Waals surface area contributed by atoms with Gasteiger partial charge in [-0.05, 0) is 31.3 Å². The molecule has 9 heteroatoms. The minimum atomic E-state index is -1.29. The number of carbonyl (C=O) groups excluding carboxylic acids is 1. The van der Waals surface area contributed by atoms with Gasteiger partial charge in [0, 0.05) is 20.1 Å². The Hall–Kier alpha value is -0.640. The Labute approximate surface area is 133 Å². The molecule has 1 unspecified atom stereocenters. The standard InChI is InChI=1S/C12H21N3O4S2/c1-14-10(16)9(3-8-20-2)13-12(14)4-6-15(7-5-12)21-19-11(17)18/h9,13H,3-8H2,1-2H3,(H,17,18). The van der Waals surface area contributed by atoms with Crippen LogP contribution in [0.15, 0.2) is 0 Å². The number of nitrogens with one attached hydrogen (secondary N) is 1. The Bertz CT molecular complexity index is 402. The highest BCUT2D eigenvalue weighted by molar-refractivity contribution is 7.98. The molecule has 7 nitrogen and oxygen atoms in total. The maximum Gasteiger partial charge on any atom is 0.519 e. The van der Waals surface area contributed by atoms with Gasteiger partial charge in [0.05, 0.1) is 11.7 Å². The number of piperidine rings is 1. The molecule has 0 saturated carbocycles. The van der Waals surface area contributed by atoms with Gasteiger partial charge in [-0.2, -0.15) is 11.8 Å². The van der Waals surface area contributed by atoms with Gasteiger partial charge in [-0.25, -0.2) is 9.10 Å². The summed E-state index contributed by atoms with van der Waals surface area (Å²) < 4.78 is 6.38. The second-order valence-corrected chi connectivity index (χ2v) is 7.08. The Morgan fingerprint density at radius 2 is 2.19 bits per heavy atom. The molecular weight excluding hydrogens is 314 g/mol. The molecule has 0 aliphatic carbocycles. The van der Waals surface area contributed by atoms with Crippen molar-refractivity contribution in [3.63, 3.8) is 0 Å². The minimum absolute atomic E-state index is 0.100. The summed E-state index contributed by atoms with van der Waals surface area (Å²) in [7, 11) is 1.85. The fraction of sp³-hybridized carbons (Fsp3) is 0.833. The highest BCUT2D eigenvalue weighted by Gasteiger charge is 2.49. The summed E-state index contributed by atoms with van der Waals surface area (Å²) in [4.78, 5) is 24.5. The first-order valence-electron chi connectivity index (χ1n) is 6.85. The minimum Gasteiger partial charge on any atom is -0.449 e. The van der Waals surface area contributed by atoms with Crippen molar-refractivity contribution >= 4 is 36.1 Å². The number of hydrogen-bond acceptors (Lipinski definition) is 7. The maximum atomic E-state index is 12.3. The number of thioether (sulfide) groups is 1. The molecule has 2 N–H and O–H groups in total. The summed E-state index contributed by atoms with van der Waals surface area (Å²) in [5.41, 5.74) is -0.291. The van der Waals surface area contributed by atoms with Crippen LogP contribution in [0.3, 0.4) is 0 Å². The number of amides is 1. The van der Waals surface area contributed by atoms with Crippen LogP contribution >= 0.6 is 24.0 Å². The van der Waals surface area contributed by atoms with Crippen molar-refractivity contribution in [2.24, 2.45) is 0 Å². The molecule has 1 amide bonds. The normalized spacial score (nSPS) is 25.5. The van der Waals surface area contributed by atoms with Crippen LogP contribution in [0, 0.1) is 0 Å². The molecule has 2 heterocycles. The van der Waals surface area contributed by atoms with Crippen molar-refractivity contribution < 1.29 is 18.9 Å². The summed E-state index contributed by atoms with van der Waals surface area (Å²) in [6, 6.07) is -0.100. The predicted octanol–water partition coefficient (Wildman–Crippen LogP) is 1.22. The van der Waals surface area contributed by atoms with Crippen LogP contribution in [0.4, 0.5) is 4.79 Å². The number of hydrogen-bond donors (Lipinski definition) is 2. The van der Waals surface area contributed by atoms with Gasteiger partial charge in [0.2, 0.25) is 5.91 Å². The van der Waals surface area contributed by atoms with Crippen molar-refractivity contribution in [3.05, 3.63) is 0 Å². The second kappa shape index (κ2) is 7.08. The van der Waals surface area contributed by atoms with E-state index in [1.807, 2.05) is 22.5 Å². The van der Waals surface area contributed by atoms with E-state index in [-0.39, 0.29) is 17.6 Å². The number of nitrogens with zero attached hydrogens (tertiary/aromatic N) is 2. The summed E-state index contributed by atoms with van der Waals surface area (Å²) in [5, 5.41) is 12.0. The van der Waals surface area contributed by atoms with E-state index in [2.05, 4.69) is 9.50 Å². The first kappa shape index (κ1) is 16.7. The first-order valence-corrected chi connectivity index (χ1v) is 8.94. The zero-order chi connectivity index (χ0) is 15.5. The van der Waals surface area contributed by atoms with E-state index in [1.165, 1.54) is 0 Å². The fourth-order valence-electron chi connectivity index (χ4n) is 2.85. The first-order chi connectivity index (χ1) is 9.98. The lowest BCUT2D eigenvalue weighted by atomic mass is 9.98. The van der Waals surface area contributed by atoms with Crippen LogP contribution < -0.4 is 5.32 Å². The molecule has 2 saturated heterocycles. The van der Waals surface area contributed by atoms with E-state index < -0.39 is 6.16 Å². The van der Waals surface area contributed by atoms with E-state index in [0.29, 0.717) is 13.1 Å². The summed E-state index contributed by atoms with van der Waals surface area (Å²) in [5.74, 6) is 1.12. The van der Waals surface area contributed by atoms with Crippen LogP contribution in [0.2, 0.25) is 0 Å². The van der Waals surface area contributed by atoms with Crippen LogP contribution in [-0.2, 0) is 8.98 Å². The smallest absolute Gasteiger partial charge is 0.449 e. The third-order valence-corrected chi connectivity index (χ3v) is 5.52. The topological polar surface area (TPSA) is 82.1 Å². The van der Waals surface area contributed by atoms with Gasteiger partial charge >= 0.3 is 6.16 Å². The predicted molar refractivity (Wildman–Crippen MR) is 82.9 cm³/mol. The Kier molecular flexibility index (Phi) is 5.64. The van der Waals surface area contributed by atoms with Gasteiger partial charge in [0.15, 0.2) is 12.2 Å². The number of carboxylic acid groups (broad SMARTS) is 1. The molecule has 0 aromatic heterocycles. The van der Waals surface area contributed by atoms with Gasteiger partial charge in [0.1, 0.15) is 0 Å². The highest BCUT2D eigenvalue weighted by Crippen LogP contribution is 2.34. The monoisotopic (exact) mass is 335 g/mol. The quantitative estimate of drug-likeness (QED) is 0.573. The molecule has 2 fully saturated rings. The molecule has 2 aliphatic rings. The van der Waals surface area contributed by atoms with Crippen molar-refractivity contribution in [1.29, 1.82) is 0 Å². The van der Waals surface area contributed by atoms with E-state index >= 15 is 0 Å². The Morgan fingerprint density at radius 3 is 2.76 bits per heavy atom. The average molecular weight is 335 g/mol. The molecule has 1 atom stereocenters. The van der Waals surface area contributed by atoms with E-state index in [4.69, 9.17) is 5.11 Å². The summed E-state index contributed by atoms with van der Waals surface area (Å²) in [6.07, 6.45) is 3.12. The van der Waals surface area contributed by atoms with Crippen molar-refractivity contribution in [2.45, 2.75) is 31.0 Å². The van der Waals surface area contributed by atoms with Gasteiger partial charge in [-0.3, -0.25) is 10.1 Å². The summed E-state index contributed by atoms with van der Waals surface area (Å²) >= 11 is 2.61. The second-order valence-electron chi connectivity index (χ2n) is 5.26. The van der Waals surface area contributed by atoms with Crippen LogP contribution in [-0.4, -0.2) is 70.2 Å². The molecule has 0 aromatic rings. The number of carbonyl (C=O) groups is 2. The molecule has 0 bridgehead atoms. The van der Waals surface area contributed by atoms with Crippen molar-refractivity contribution in [3.8, 4) is 0 Å². The fourth-order valence-corrected chi connectivity index (χ4v) is 3.83. The molecular formula is C12H21N3O4S2. The lowest BCUT2D eigenvalue weighted by Gasteiger charge is -2.42. The highest BCUT2D eigenvalue weighted by atomic mass is 32.2. The Morgan fingerprint density at radius 1 is 1.52 bits per heavy atom. The zero-order valence-corrected chi connectivity index (χ0v) is 13.8. The molecule has 0 aromatic carbocycles. The third kappa shape index (κ3) is 3.77. The summed E-state index contributed by atoms with van der Waals surface area (Å²) in [6.45, 7) is 1.36. The Balaban J connectivity index is 1.89. The molecule has 120 valence electrons. The van der Waals surface area contributed by atoms with E-state index in [9.17, 15) is 9.59 Å². The van der Waals surface area contributed by atoms with Crippen molar-refractivity contribution in [2.75, 3.05) is 32.1 Å². The average Bonchev–Trinajstić information content (AvgIpc) is 2.70. The number of rotatable bonds is 5. The third-order valence-electron chi connectivity index (χ3n) is 4.09. The van der Waals surface area contributed by atoms with E-state index in [1.54, 1.807) is 11.8 Å². The van der Waals surface area contributed by atoms with Gasteiger partial charge in [-0.15, -0.1) is 0 Å². The molecule has 1 spiro atoms. The SMILES string of the molecule is CSCCC1NC2(CCN(SOC(=O)O)CC2)N(C)C1=O. The van der Waals surface area contributed by atoms with Crippen LogP contribution in [0.25, 0.3) is 0 Å². The number of likely N-dealkylation sites (N-methyl/N-ethyl adjacent to an activating group) is 1. The zero-order valence-electron chi connectivity index (χ0n) is 12.2. The van der Waals surface area contributed by atoms with Crippen molar-refractivity contribution in [1.82, 2.24) is 14.5 Å². The van der Waals surface area contributed by atoms with E-state index in [0.717, 1.165) is 37.2 Å². The lowest BCUT2D eigenvalue weighted by Crippen LogP contribution is -2.56. The van der Waals surface area contributed by atoms with Gasteiger partial charge < -0.3 is 14.2 Å². The van der Waals surface area contributed by atoms with Gasteiger partial charge in [-0.1, -0.05) is 0 Å². The molecule has 2 rings (SSSR count). The molecule has 0 radical (unpaired) electrons.